The number of nitrogens with one attached hydrogen (secondary N) is 1. The summed E-state index contributed by atoms with van der Waals surface area (Å²) in [7, 11) is 0. The van der Waals surface area contributed by atoms with Gasteiger partial charge in [0.15, 0.2) is 0 Å². The maximum Gasteiger partial charge on any atom is 0.300 e. The molecule has 1 aliphatic heterocycles. The van der Waals surface area contributed by atoms with Crippen LogP contribution in [0.2, 0.25) is 0 Å². The van der Waals surface area contributed by atoms with Crippen LogP contribution in [0, 0.1) is 0 Å². The Balaban J connectivity index is 0.000000261. The topological polar surface area (TPSA) is 66.4 Å². The van der Waals surface area contributed by atoms with Gasteiger partial charge in [0.05, 0.1) is 0 Å². The molecule has 0 saturated carbocycles. The van der Waals surface area contributed by atoms with E-state index >= 15 is 0 Å². The third kappa shape index (κ3) is 8.94. The SMILES string of the molecule is CC(=O)O.O=C1CCCCCN1. The molecule has 1 rings (SSSR count). The molecule has 0 bridgehead atoms. The Morgan fingerprint density at radius 2 is 2.00 bits per heavy atom. The van der Waals surface area contributed by atoms with Gasteiger partial charge in [0.25, 0.3) is 5.97 Å². The zero-order chi connectivity index (χ0) is 9.40. The number of hydrogen-bond acceptors (Lipinski definition) is 2. The van der Waals surface area contributed by atoms with Crippen LogP contribution in [-0.4, -0.2) is 23.5 Å². The van der Waals surface area contributed by atoms with Crippen molar-refractivity contribution >= 4 is 11.9 Å². The molecule has 4 nitrogen and oxygen atoms in total. The largest absolute Gasteiger partial charge is 0.481 e. The lowest BCUT2D eigenvalue weighted by Crippen LogP contribution is -2.21. The van der Waals surface area contributed by atoms with Crippen molar-refractivity contribution in [1.82, 2.24) is 5.32 Å². The second-order valence-electron chi connectivity index (χ2n) is 2.68. The highest BCUT2D eigenvalue weighted by molar-refractivity contribution is 5.75. The van der Waals surface area contributed by atoms with Crippen LogP contribution in [-0.2, 0) is 9.59 Å². The van der Waals surface area contributed by atoms with Crippen molar-refractivity contribution in [2.24, 2.45) is 0 Å². The number of amides is 1. The van der Waals surface area contributed by atoms with Crippen LogP contribution in [0.4, 0.5) is 0 Å². The number of hydrogen-bond donors (Lipinski definition) is 2. The van der Waals surface area contributed by atoms with Crippen LogP contribution < -0.4 is 5.32 Å². The van der Waals surface area contributed by atoms with Crippen LogP contribution >= 0.6 is 0 Å². The molecule has 1 fully saturated rings. The van der Waals surface area contributed by atoms with Crippen molar-refractivity contribution in [2.45, 2.75) is 32.6 Å². The number of carbonyl (C=O) groups excluding carboxylic acids is 1. The molecular formula is C8H15NO3. The van der Waals surface area contributed by atoms with Gasteiger partial charge in [-0.25, -0.2) is 0 Å². The van der Waals surface area contributed by atoms with Crippen LogP contribution in [0.5, 0.6) is 0 Å². The Kier molecular flexibility index (Phi) is 6.05. The normalized spacial score (nSPS) is 16.6. The molecule has 1 aliphatic rings. The quantitative estimate of drug-likeness (QED) is 0.568. The van der Waals surface area contributed by atoms with E-state index in [4.69, 9.17) is 9.90 Å². The van der Waals surface area contributed by atoms with Gasteiger partial charge in [0.2, 0.25) is 5.91 Å². The molecule has 1 heterocycles. The van der Waals surface area contributed by atoms with E-state index in [1.807, 2.05) is 0 Å². The molecule has 0 aromatic heterocycles. The lowest BCUT2D eigenvalue weighted by molar-refractivity contribution is -0.134. The minimum atomic E-state index is -0.833. The zero-order valence-electron chi connectivity index (χ0n) is 7.30. The summed E-state index contributed by atoms with van der Waals surface area (Å²) < 4.78 is 0. The molecule has 2 N–H and O–H groups in total. The lowest BCUT2D eigenvalue weighted by Gasteiger charge is -1.93. The number of carbonyl (C=O) groups is 2. The monoisotopic (exact) mass is 173 g/mol. The first-order valence-corrected chi connectivity index (χ1v) is 4.09. The summed E-state index contributed by atoms with van der Waals surface area (Å²) in [6.07, 6.45) is 4.18. The number of aliphatic carboxylic acids is 1. The van der Waals surface area contributed by atoms with E-state index in [0.717, 1.165) is 32.7 Å². The van der Waals surface area contributed by atoms with Crippen molar-refractivity contribution in [3.8, 4) is 0 Å². The van der Waals surface area contributed by atoms with Gasteiger partial charge in [0, 0.05) is 19.9 Å². The molecule has 1 saturated heterocycles. The molecule has 0 aromatic rings. The summed E-state index contributed by atoms with van der Waals surface area (Å²) in [6.45, 7) is 1.97. The van der Waals surface area contributed by atoms with E-state index in [-0.39, 0.29) is 5.91 Å². The molecule has 0 aromatic carbocycles. The van der Waals surface area contributed by atoms with Crippen molar-refractivity contribution < 1.29 is 14.7 Å². The van der Waals surface area contributed by atoms with Crippen LogP contribution in [0.15, 0.2) is 0 Å². The van der Waals surface area contributed by atoms with E-state index < -0.39 is 5.97 Å². The van der Waals surface area contributed by atoms with Crippen LogP contribution in [0.25, 0.3) is 0 Å². The Morgan fingerprint density at radius 3 is 2.58 bits per heavy atom. The lowest BCUT2D eigenvalue weighted by atomic mass is 10.2. The van der Waals surface area contributed by atoms with Crippen molar-refractivity contribution in [1.29, 1.82) is 0 Å². The molecule has 0 unspecified atom stereocenters. The van der Waals surface area contributed by atoms with Crippen molar-refractivity contribution in [3.63, 3.8) is 0 Å². The fraction of sp³-hybridized carbons (Fsp3) is 0.750. The van der Waals surface area contributed by atoms with Gasteiger partial charge in [-0.1, -0.05) is 6.42 Å². The maximum atomic E-state index is 10.6. The summed E-state index contributed by atoms with van der Waals surface area (Å²) in [4.78, 5) is 19.6. The molecule has 70 valence electrons. The fourth-order valence-electron chi connectivity index (χ4n) is 0.904. The summed E-state index contributed by atoms with van der Waals surface area (Å²) >= 11 is 0. The van der Waals surface area contributed by atoms with Crippen LogP contribution in [0.1, 0.15) is 32.6 Å². The molecule has 1 amide bonds. The predicted molar refractivity (Wildman–Crippen MR) is 44.8 cm³/mol. The Labute approximate surface area is 72.0 Å². The van der Waals surface area contributed by atoms with Gasteiger partial charge in [-0.2, -0.15) is 0 Å². The first-order chi connectivity index (χ1) is 5.63. The highest BCUT2D eigenvalue weighted by atomic mass is 16.4. The molecule has 0 aliphatic carbocycles. The minimum Gasteiger partial charge on any atom is -0.481 e. The number of carboxylic acid groups (broad SMARTS) is 1. The predicted octanol–water partition coefficient (Wildman–Crippen LogP) is 0.767. The van der Waals surface area contributed by atoms with Gasteiger partial charge in [-0.3, -0.25) is 9.59 Å². The third-order valence-corrected chi connectivity index (χ3v) is 1.40. The molecule has 0 atom stereocenters. The summed E-state index contributed by atoms with van der Waals surface area (Å²) in [5, 5.41) is 10.2. The number of carboxylic acids is 1. The van der Waals surface area contributed by atoms with E-state index in [2.05, 4.69) is 5.32 Å². The Morgan fingerprint density at radius 1 is 1.42 bits per heavy atom. The van der Waals surface area contributed by atoms with Gasteiger partial charge in [-0.15, -0.1) is 0 Å². The highest BCUT2D eigenvalue weighted by Crippen LogP contribution is 2.02. The smallest absolute Gasteiger partial charge is 0.300 e. The average molecular weight is 173 g/mol. The summed E-state index contributed by atoms with van der Waals surface area (Å²) in [5.74, 6) is -0.609. The molecule has 12 heavy (non-hydrogen) atoms. The zero-order valence-corrected chi connectivity index (χ0v) is 7.30. The molecule has 0 spiro atoms. The average Bonchev–Trinajstić information content (AvgIpc) is 2.14. The molecule has 0 radical (unpaired) electrons. The van der Waals surface area contributed by atoms with Crippen molar-refractivity contribution in [3.05, 3.63) is 0 Å². The summed E-state index contributed by atoms with van der Waals surface area (Å²) in [6, 6.07) is 0. The first kappa shape index (κ1) is 10.9. The second kappa shape index (κ2) is 6.64. The van der Waals surface area contributed by atoms with Gasteiger partial charge >= 0.3 is 0 Å². The Hall–Kier alpha value is -1.06. The van der Waals surface area contributed by atoms with Gasteiger partial charge in [-0.05, 0) is 12.8 Å². The minimum absolute atomic E-state index is 0.225. The van der Waals surface area contributed by atoms with E-state index in [1.54, 1.807) is 0 Å². The standard InChI is InChI=1S/C6H11NO.C2H4O2/c8-6-4-2-1-3-5-7-6;1-2(3)4/h1-5H2,(H,7,8);1H3,(H,3,4). The summed E-state index contributed by atoms with van der Waals surface area (Å²) in [5.41, 5.74) is 0. The highest BCUT2D eigenvalue weighted by Gasteiger charge is 2.03. The van der Waals surface area contributed by atoms with Gasteiger partial charge < -0.3 is 10.4 Å². The van der Waals surface area contributed by atoms with Crippen molar-refractivity contribution in [2.75, 3.05) is 6.54 Å². The van der Waals surface area contributed by atoms with E-state index in [9.17, 15) is 4.79 Å². The van der Waals surface area contributed by atoms with E-state index in [1.165, 1.54) is 6.42 Å². The molecule has 4 heteroatoms. The maximum absolute atomic E-state index is 10.6. The molecular weight excluding hydrogens is 158 g/mol. The fourth-order valence-corrected chi connectivity index (χ4v) is 0.904. The second-order valence-corrected chi connectivity index (χ2v) is 2.68. The first-order valence-electron chi connectivity index (χ1n) is 4.09. The van der Waals surface area contributed by atoms with Crippen LogP contribution in [0.3, 0.4) is 0 Å². The van der Waals surface area contributed by atoms with Gasteiger partial charge in [0.1, 0.15) is 0 Å². The van der Waals surface area contributed by atoms with E-state index in [0.29, 0.717) is 0 Å². The third-order valence-electron chi connectivity index (χ3n) is 1.40. The Bertz CT molecular complexity index is 142. The number of rotatable bonds is 0.